The molecule has 0 aromatic heterocycles. The Morgan fingerprint density at radius 3 is 2.44 bits per heavy atom. The predicted octanol–water partition coefficient (Wildman–Crippen LogP) is 2.22. The molecular weight excluding hydrogens is 346 g/mol. The van der Waals surface area contributed by atoms with Crippen molar-refractivity contribution in [3.8, 4) is 0 Å². The lowest BCUT2D eigenvalue weighted by molar-refractivity contribution is -0.114. The third-order valence-electron chi connectivity index (χ3n) is 3.25. The van der Waals surface area contributed by atoms with Crippen LogP contribution in [0.25, 0.3) is 0 Å². The lowest BCUT2D eigenvalue weighted by Crippen LogP contribution is -2.39. The summed E-state index contributed by atoms with van der Waals surface area (Å²) in [6.45, 7) is 8.71. The van der Waals surface area contributed by atoms with E-state index in [4.69, 9.17) is 4.74 Å². The second-order valence-electron chi connectivity index (χ2n) is 7.02. The predicted molar refractivity (Wildman–Crippen MR) is 108 cm³/mol. The first kappa shape index (κ1) is 22.3. The van der Waals surface area contributed by atoms with Crippen molar-refractivity contribution in [3.63, 3.8) is 0 Å². The molecule has 0 saturated heterocycles. The number of carbonyl (C=O) groups is 2. The van der Waals surface area contributed by atoms with Crippen molar-refractivity contribution < 1.29 is 14.3 Å². The fourth-order valence-corrected chi connectivity index (χ4v) is 2.17. The molecule has 4 N–H and O–H groups in total. The average Bonchev–Trinajstić information content (AvgIpc) is 2.55. The summed E-state index contributed by atoms with van der Waals surface area (Å²) in [5.74, 6) is 0.565. The SMILES string of the molecule is CN=C(NCCCNC(=O)OC(C)(C)C)NCc1cccc(NC(C)=O)c1. The van der Waals surface area contributed by atoms with Crippen LogP contribution in [-0.4, -0.2) is 43.7 Å². The molecule has 0 aliphatic rings. The minimum absolute atomic E-state index is 0.0995. The second kappa shape index (κ2) is 11.1. The van der Waals surface area contributed by atoms with Crippen LogP contribution >= 0.6 is 0 Å². The average molecular weight is 377 g/mol. The highest BCUT2D eigenvalue weighted by Gasteiger charge is 2.15. The molecule has 0 atom stereocenters. The minimum atomic E-state index is -0.495. The Morgan fingerprint density at radius 1 is 1.11 bits per heavy atom. The number of anilines is 1. The molecule has 0 radical (unpaired) electrons. The Balaban J connectivity index is 2.29. The number of nitrogens with zero attached hydrogens (tertiary/aromatic N) is 1. The number of rotatable bonds is 7. The first-order valence-corrected chi connectivity index (χ1v) is 8.97. The zero-order valence-electron chi connectivity index (χ0n) is 16.8. The zero-order chi connectivity index (χ0) is 20.3. The van der Waals surface area contributed by atoms with Crippen molar-refractivity contribution >= 4 is 23.6 Å². The summed E-state index contributed by atoms with van der Waals surface area (Å²) < 4.78 is 5.17. The highest BCUT2D eigenvalue weighted by atomic mass is 16.6. The summed E-state index contributed by atoms with van der Waals surface area (Å²) in [5, 5.41) is 11.9. The molecule has 8 nitrogen and oxygen atoms in total. The van der Waals surface area contributed by atoms with Gasteiger partial charge >= 0.3 is 6.09 Å². The van der Waals surface area contributed by atoms with E-state index >= 15 is 0 Å². The lowest BCUT2D eigenvalue weighted by atomic mass is 10.2. The van der Waals surface area contributed by atoms with E-state index in [0.29, 0.717) is 25.6 Å². The smallest absolute Gasteiger partial charge is 0.407 e. The van der Waals surface area contributed by atoms with Crippen LogP contribution in [0.3, 0.4) is 0 Å². The molecule has 0 fully saturated rings. The fraction of sp³-hybridized carbons (Fsp3) is 0.526. The van der Waals surface area contributed by atoms with Crippen LogP contribution in [-0.2, 0) is 16.1 Å². The van der Waals surface area contributed by atoms with Gasteiger partial charge < -0.3 is 26.0 Å². The summed E-state index contributed by atoms with van der Waals surface area (Å²) in [5.41, 5.74) is 1.29. The quantitative estimate of drug-likeness (QED) is 0.331. The Hall–Kier alpha value is -2.77. The molecule has 2 amide bonds. The van der Waals surface area contributed by atoms with E-state index in [1.165, 1.54) is 6.92 Å². The van der Waals surface area contributed by atoms with Crippen molar-refractivity contribution in [3.05, 3.63) is 29.8 Å². The van der Waals surface area contributed by atoms with Gasteiger partial charge in [0.15, 0.2) is 5.96 Å². The molecule has 0 heterocycles. The van der Waals surface area contributed by atoms with Crippen LogP contribution in [0.5, 0.6) is 0 Å². The summed E-state index contributed by atoms with van der Waals surface area (Å²) in [4.78, 5) is 26.8. The number of hydrogen-bond donors (Lipinski definition) is 4. The van der Waals surface area contributed by atoms with Crippen LogP contribution in [0.15, 0.2) is 29.3 Å². The van der Waals surface area contributed by atoms with Crippen molar-refractivity contribution in [1.29, 1.82) is 0 Å². The molecule has 1 rings (SSSR count). The zero-order valence-corrected chi connectivity index (χ0v) is 16.8. The van der Waals surface area contributed by atoms with Gasteiger partial charge in [-0.15, -0.1) is 0 Å². The fourth-order valence-electron chi connectivity index (χ4n) is 2.17. The van der Waals surface area contributed by atoms with Gasteiger partial charge in [-0.3, -0.25) is 9.79 Å². The van der Waals surface area contributed by atoms with Gasteiger partial charge in [0, 0.05) is 39.3 Å². The Kier molecular flexibility index (Phi) is 9.12. The van der Waals surface area contributed by atoms with E-state index in [9.17, 15) is 9.59 Å². The number of carbonyl (C=O) groups excluding carboxylic acids is 2. The Morgan fingerprint density at radius 2 is 1.81 bits per heavy atom. The molecule has 8 heteroatoms. The molecule has 0 aliphatic carbocycles. The third-order valence-corrected chi connectivity index (χ3v) is 3.25. The molecule has 0 aliphatic heterocycles. The molecule has 0 saturated carbocycles. The summed E-state index contributed by atoms with van der Waals surface area (Å²) >= 11 is 0. The maximum atomic E-state index is 11.5. The summed E-state index contributed by atoms with van der Waals surface area (Å²) in [6.07, 6.45) is 0.321. The third kappa shape index (κ3) is 10.7. The first-order valence-electron chi connectivity index (χ1n) is 8.97. The maximum Gasteiger partial charge on any atom is 0.407 e. The van der Waals surface area contributed by atoms with Crippen LogP contribution < -0.4 is 21.3 Å². The van der Waals surface area contributed by atoms with Gasteiger partial charge in [-0.05, 0) is 44.9 Å². The van der Waals surface area contributed by atoms with Gasteiger partial charge in [-0.2, -0.15) is 0 Å². The molecule has 150 valence electrons. The van der Waals surface area contributed by atoms with Gasteiger partial charge in [-0.25, -0.2) is 4.79 Å². The second-order valence-corrected chi connectivity index (χ2v) is 7.02. The van der Waals surface area contributed by atoms with Crippen molar-refractivity contribution in [2.45, 2.75) is 46.3 Å². The number of hydrogen-bond acceptors (Lipinski definition) is 4. The van der Waals surface area contributed by atoms with Gasteiger partial charge in [-0.1, -0.05) is 12.1 Å². The van der Waals surface area contributed by atoms with Gasteiger partial charge in [0.2, 0.25) is 5.91 Å². The number of ether oxygens (including phenoxy) is 1. The normalized spacial score (nSPS) is 11.5. The van der Waals surface area contributed by atoms with Crippen molar-refractivity contribution in [1.82, 2.24) is 16.0 Å². The van der Waals surface area contributed by atoms with Gasteiger partial charge in [0.05, 0.1) is 0 Å². The molecule has 0 spiro atoms. The highest BCUT2D eigenvalue weighted by Crippen LogP contribution is 2.10. The Labute approximate surface area is 161 Å². The van der Waals surface area contributed by atoms with E-state index in [-0.39, 0.29) is 5.91 Å². The largest absolute Gasteiger partial charge is 0.444 e. The molecule has 0 bridgehead atoms. The number of aliphatic imine (C=N–C) groups is 1. The van der Waals surface area contributed by atoms with Crippen LogP contribution in [0.4, 0.5) is 10.5 Å². The van der Waals surface area contributed by atoms with E-state index < -0.39 is 11.7 Å². The number of amides is 2. The highest BCUT2D eigenvalue weighted by molar-refractivity contribution is 5.88. The molecular formula is C19H31N5O3. The standard InChI is InChI=1S/C19H31N5O3/c1-14(25)24-16-9-6-8-15(12-16)13-23-17(20-5)21-10-7-11-22-18(26)27-19(2,3)4/h6,8-9,12H,7,10-11,13H2,1-5H3,(H,22,26)(H,24,25)(H2,20,21,23). The van der Waals surface area contributed by atoms with Gasteiger partial charge in [0.1, 0.15) is 5.60 Å². The molecule has 1 aromatic carbocycles. The van der Waals surface area contributed by atoms with Crippen LogP contribution in [0.2, 0.25) is 0 Å². The monoisotopic (exact) mass is 377 g/mol. The van der Waals surface area contributed by atoms with Crippen molar-refractivity contribution in [2.24, 2.45) is 4.99 Å². The molecule has 27 heavy (non-hydrogen) atoms. The van der Waals surface area contributed by atoms with E-state index in [2.05, 4.69) is 26.3 Å². The summed E-state index contributed by atoms with van der Waals surface area (Å²) in [6, 6.07) is 7.61. The summed E-state index contributed by atoms with van der Waals surface area (Å²) in [7, 11) is 1.70. The van der Waals surface area contributed by atoms with E-state index in [1.807, 2.05) is 45.0 Å². The lowest BCUT2D eigenvalue weighted by Gasteiger charge is -2.19. The number of guanidine groups is 1. The topological polar surface area (TPSA) is 104 Å². The van der Waals surface area contributed by atoms with Crippen LogP contribution in [0, 0.1) is 0 Å². The van der Waals surface area contributed by atoms with Gasteiger partial charge in [0.25, 0.3) is 0 Å². The Bertz CT molecular complexity index is 653. The minimum Gasteiger partial charge on any atom is -0.444 e. The molecule has 1 aromatic rings. The number of nitrogens with one attached hydrogen (secondary N) is 4. The van der Waals surface area contributed by atoms with Crippen molar-refractivity contribution in [2.75, 3.05) is 25.5 Å². The maximum absolute atomic E-state index is 11.5. The number of benzene rings is 1. The number of alkyl carbamates (subject to hydrolysis) is 1. The molecule has 0 unspecified atom stereocenters. The van der Waals surface area contributed by atoms with E-state index in [1.54, 1.807) is 7.05 Å². The first-order chi connectivity index (χ1) is 12.7. The van der Waals surface area contributed by atoms with Crippen LogP contribution in [0.1, 0.15) is 39.7 Å². The van der Waals surface area contributed by atoms with E-state index in [0.717, 1.165) is 17.7 Å².